The van der Waals surface area contributed by atoms with Crippen molar-refractivity contribution >= 4 is 22.0 Å². The van der Waals surface area contributed by atoms with Crippen molar-refractivity contribution in [3.8, 4) is 5.75 Å². The Hall–Kier alpha value is -2.13. The normalized spacial score (nSPS) is 18.0. The first-order chi connectivity index (χ1) is 10.2. The third-order valence-electron chi connectivity index (χ3n) is 3.27. The number of urea groups is 1. The second kappa shape index (κ2) is 5.93. The van der Waals surface area contributed by atoms with Crippen molar-refractivity contribution < 1.29 is 22.7 Å². The lowest BCUT2D eigenvalue weighted by Gasteiger charge is -2.15. The lowest BCUT2D eigenvalue weighted by molar-refractivity contribution is -0.120. The van der Waals surface area contributed by atoms with Gasteiger partial charge in [-0.15, -0.1) is 0 Å². The molecule has 22 heavy (non-hydrogen) atoms. The van der Waals surface area contributed by atoms with Crippen LogP contribution in [0.3, 0.4) is 0 Å². The van der Waals surface area contributed by atoms with Crippen LogP contribution >= 0.6 is 0 Å². The number of sulfonamides is 1. The minimum atomic E-state index is -3.81. The maximum absolute atomic E-state index is 12.4. The Balaban J connectivity index is 2.21. The zero-order valence-electron chi connectivity index (χ0n) is 12.4. The van der Waals surface area contributed by atoms with Crippen LogP contribution in [-0.4, -0.2) is 40.1 Å². The van der Waals surface area contributed by atoms with Crippen molar-refractivity contribution in [2.24, 2.45) is 0 Å². The van der Waals surface area contributed by atoms with E-state index in [1.807, 2.05) is 5.32 Å². The number of imide groups is 1. The monoisotopic (exact) mass is 327 g/mol. The van der Waals surface area contributed by atoms with Gasteiger partial charge in [0.25, 0.3) is 5.91 Å². The molecule has 2 rings (SSSR count). The molecule has 9 heteroatoms. The first-order valence-electron chi connectivity index (χ1n) is 6.51. The van der Waals surface area contributed by atoms with Crippen LogP contribution in [0.5, 0.6) is 5.75 Å². The van der Waals surface area contributed by atoms with E-state index in [2.05, 4.69) is 10.0 Å². The summed E-state index contributed by atoms with van der Waals surface area (Å²) in [6, 6.07) is 1.68. The third-order valence-corrected chi connectivity index (χ3v) is 5.00. The molecule has 1 aromatic rings. The molecule has 1 aliphatic heterocycles. The van der Waals surface area contributed by atoms with E-state index in [-0.39, 0.29) is 11.4 Å². The number of carbonyl (C=O) groups is 2. The van der Waals surface area contributed by atoms with Gasteiger partial charge in [-0.25, -0.2) is 17.9 Å². The Bertz CT molecular complexity index is 706. The van der Waals surface area contributed by atoms with Gasteiger partial charge >= 0.3 is 6.03 Å². The molecule has 0 saturated carbocycles. The summed E-state index contributed by atoms with van der Waals surface area (Å²) in [5.41, 5.74) is 1.06. The SMILES string of the molecule is COc1cc(C)c(S(=O)(=O)NCC2NC(=O)NC2=O)c(C)c1. The van der Waals surface area contributed by atoms with E-state index in [0.29, 0.717) is 16.9 Å². The van der Waals surface area contributed by atoms with Crippen LogP contribution in [0.25, 0.3) is 0 Å². The Morgan fingerprint density at radius 2 is 1.82 bits per heavy atom. The summed E-state index contributed by atoms with van der Waals surface area (Å²) in [6.45, 7) is 3.10. The average Bonchev–Trinajstić information content (AvgIpc) is 2.73. The summed E-state index contributed by atoms with van der Waals surface area (Å²) < 4.78 is 32.3. The molecule has 0 radical (unpaired) electrons. The van der Waals surface area contributed by atoms with Crippen LogP contribution in [-0.2, 0) is 14.8 Å². The predicted molar refractivity (Wildman–Crippen MR) is 78.1 cm³/mol. The maximum atomic E-state index is 12.4. The highest BCUT2D eigenvalue weighted by atomic mass is 32.2. The van der Waals surface area contributed by atoms with Crippen molar-refractivity contribution in [1.29, 1.82) is 0 Å². The van der Waals surface area contributed by atoms with Gasteiger partial charge in [-0.05, 0) is 37.1 Å². The molecule has 0 spiro atoms. The number of benzene rings is 1. The molecule has 8 nitrogen and oxygen atoms in total. The van der Waals surface area contributed by atoms with Crippen LogP contribution in [0.1, 0.15) is 11.1 Å². The van der Waals surface area contributed by atoms with E-state index in [0.717, 1.165) is 0 Å². The molecule has 1 fully saturated rings. The fraction of sp³-hybridized carbons (Fsp3) is 0.385. The third kappa shape index (κ3) is 3.20. The van der Waals surface area contributed by atoms with Gasteiger partial charge < -0.3 is 10.1 Å². The van der Waals surface area contributed by atoms with Gasteiger partial charge in [0.2, 0.25) is 10.0 Å². The van der Waals surface area contributed by atoms with Crippen molar-refractivity contribution in [2.75, 3.05) is 13.7 Å². The Morgan fingerprint density at radius 3 is 2.27 bits per heavy atom. The lowest BCUT2D eigenvalue weighted by atomic mass is 10.1. The molecule has 1 atom stereocenters. The first-order valence-corrected chi connectivity index (χ1v) is 7.99. The highest BCUT2D eigenvalue weighted by Crippen LogP contribution is 2.25. The van der Waals surface area contributed by atoms with Gasteiger partial charge in [0, 0.05) is 6.54 Å². The van der Waals surface area contributed by atoms with Gasteiger partial charge in [0.05, 0.1) is 12.0 Å². The highest BCUT2D eigenvalue weighted by Gasteiger charge is 2.31. The van der Waals surface area contributed by atoms with E-state index in [1.54, 1.807) is 26.0 Å². The van der Waals surface area contributed by atoms with Crippen molar-refractivity contribution in [1.82, 2.24) is 15.4 Å². The molecule has 1 saturated heterocycles. The molecule has 0 aliphatic carbocycles. The summed E-state index contributed by atoms with van der Waals surface area (Å²) in [6.07, 6.45) is 0. The molecule has 120 valence electrons. The average molecular weight is 327 g/mol. The van der Waals surface area contributed by atoms with Gasteiger partial charge in [-0.1, -0.05) is 0 Å². The van der Waals surface area contributed by atoms with Gasteiger partial charge in [0.15, 0.2) is 0 Å². The largest absolute Gasteiger partial charge is 0.497 e. The number of rotatable bonds is 5. The second-order valence-corrected chi connectivity index (χ2v) is 6.66. The number of nitrogens with one attached hydrogen (secondary N) is 3. The molecular weight excluding hydrogens is 310 g/mol. The summed E-state index contributed by atoms with van der Waals surface area (Å²) >= 11 is 0. The van der Waals surface area contributed by atoms with Crippen LogP contribution in [0.15, 0.2) is 17.0 Å². The minimum absolute atomic E-state index is 0.137. The molecule has 1 aromatic carbocycles. The quantitative estimate of drug-likeness (QED) is 0.648. The van der Waals surface area contributed by atoms with Crippen LogP contribution in [0.4, 0.5) is 4.79 Å². The Kier molecular flexibility index (Phi) is 4.38. The summed E-state index contributed by atoms with van der Waals surface area (Å²) in [5, 5.41) is 4.37. The fourth-order valence-corrected chi connectivity index (χ4v) is 3.82. The summed E-state index contributed by atoms with van der Waals surface area (Å²) in [5.74, 6) is 0.00672. The number of ether oxygens (including phenoxy) is 1. The first kappa shape index (κ1) is 16.2. The second-order valence-electron chi connectivity index (χ2n) is 4.96. The van der Waals surface area contributed by atoms with E-state index in [4.69, 9.17) is 4.74 Å². The number of methoxy groups -OCH3 is 1. The fourth-order valence-electron chi connectivity index (χ4n) is 2.32. The van der Waals surface area contributed by atoms with Crippen molar-refractivity contribution in [3.63, 3.8) is 0 Å². The number of hydrogen-bond donors (Lipinski definition) is 3. The van der Waals surface area contributed by atoms with Crippen LogP contribution in [0.2, 0.25) is 0 Å². The predicted octanol–water partition coefficient (Wildman–Crippen LogP) is -0.202. The molecular formula is C13H17N3O5S. The molecule has 0 bridgehead atoms. The van der Waals surface area contributed by atoms with Gasteiger partial charge in [-0.2, -0.15) is 0 Å². The highest BCUT2D eigenvalue weighted by molar-refractivity contribution is 7.89. The van der Waals surface area contributed by atoms with Gasteiger partial charge in [-0.3, -0.25) is 10.1 Å². The minimum Gasteiger partial charge on any atom is -0.497 e. The molecule has 0 aromatic heterocycles. The summed E-state index contributed by atoms with van der Waals surface area (Å²) in [7, 11) is -2.31. The lowest BCUT2D eigenvalue weighted by Crippen LogP contribution is -2.41. The van der Waals surface area contributed by atoms with Crippen LogP contribution in [0, 0.1) is 13.8 Å². The van der Waals surface area contributed by atoms with E-state index in [1.165, 1.54) is 7.11 Å². The maximum Gasteiger partial charge on any atom is 0.322 e. The standard InChI is InChI=1S/C13H17N3O5S/c1-7-4-9(21-3)5-8(2)11(7)22(19,20)14-6-10-12(17)16-13(18)15-10/h4-5,10,14H,6H2,1-3H3,(H2,15,16,17,18). The topological polar surface area (TPSA) is 114 Å². The molecule has 3 amide bonds. The zero-order valence-corrected chi connectivity index (χ0v) is 13.2. The Morgan fingerprint density at radius 1 is 1.23 bits per heavy atom. The number of carbonyl (C=O) groups excluding carboxylic acids is 2. The smallest absolute Gasteiger partial charge is 0.322 e. The van der Waals surface area contributed by atoms with Gasteiger partial charge in [0.1, 0.15) is 11.8 Å². The number of amides is 3. The van der Waals surface area contributed by atoms with Crippen LogP contribution < -0.4 is 20.1 Å². The summed E-state index contributed by atoms with van der Waals surface area (Å²) in [4.78, 5) is 22.5. The molecule has 3 N–H and O–H groups in total. The molecule has 1 unspecified atom stereocenters. The number of hydrogen-bond acceptors (Lipinski definition) is 5. The zero-order chi connectivity index (χ0) is 16.5. The van der Waals surface area contributed by atoms with Crippen molar-refractivity contribution in [2.45, 2.75) is 24.8 Å². The Labute approximate surface area is 128 Å². The van der Waals surface area contributed by atoms with E-state index >= 15 is 0 Å². The van der Waals surface area contributed by atoms with E-state index < -0.39 is 28.0 Å². The van der Waals surface area contributed by atoms with E-state index in [9.17, 15) is 18.0 Å². The number of aryl methyl sites for hydroxylation is 2. The van der Waals surface area contributed by atoms with Crippen molar-refractivity contribution in [3.05, 3.63) is 23.3 Å². The molecule has 1 heterocycles. The molecule has 1 aliphatic rings.